The minimum Gasteiger partial charge on any atom is -0.378 e. The van der Waals surface area contributed by atoms with E-state index in [0.717, 1.165) is 25.1 Å². The van der Waals surface area contributed by atoms with Gasteiger partial charge in [-0.05, 0) is 49.9 Å². The zero-order chi connectivity index (χ0) is 12.8. The van der Waals surface area contributed by atoms with E-state index in [0.29, 0.717) is 17.7 Å². The highest BCUT2D eigenvalue weighted by Gasteiger charge is 2.12. The Bertz CT molecular complexity index is 380. The number of ether oxygens (including phenoxy) is 1. The molecule has 1 unspecified atom stereocenters. The van der Waals surface area contributed by atoms with E-state index >= 15 is 0 Å². The Labute approximate surface area is 112 Å². The van der Waals surface area contributed by atoms with Crippen LogP contribution < -0.4 is 5.32 Å². The molecule has 1 aliphatic rings. The topological polar surface area (TPSA) is 21.3 Å². The lowest BCUT2D eigenvalue weighted by Gasteiger charge is -2.22. The van der Waals surface area contributed by atoms with E-state index in [2.05, 4.69) is 5.32 Å². The van der Waals surface area contributed by atoms with Crippen LogP contribution in [0, 0.1) is 5.82 Å². The summed E-state index contributed by atoms with van der Waals surface area (Å²) < 4.78 is 18.5. The highest BCUT2D eigenvalue weighted by atomic mass is 35.5. The molecule has 0 aliphatic carbocycles. The first-order valence-electron chi connectivity index (χ1n) is 6.52. The van der Waals surface area contributed by atoms with Crippen LogP contribution in [0.15, 0.2) is 18.2 Å². The normalized spacial score (nSPS) is 20.0. The number of hydrogen-bond donors (Lipinski definition) is 1. The molecule has 0 amide bonds. The van der Waals surface area contributed by atoms with Crippen LogP contribution >= 0.6 is 11.6 Å². The van der Waals surface area contributed by atoms with Crippen LogP contribution in [-0.4, -0.2) is 19.3 Å². The van der Waals surface area contributed by atoms with Gasteiger partial charge in [0.05, 0.1) is 6.10 Å². The highest BCUT2D eigenvalue weighted by Crippen LogP contribution is 2.17. The lowest BCUT2D eigenvalue weighted by Crippen LogP contribution is -2.25. The fourth-order valence-electron chi connectivity index (χ4n) is 2.19. The van der Waals surface area contributed by atoms with Crippen molar-refractivity contribution < 1.29 is 9.13 Å². The molecule has 2 nitrogen and oxygen atoms in total. The van der Waals surface area contributed by atoms with E-state index in [1.165, 1.54) is 31.4 Å². The Morgan fingerprint density at radius 3 is 3.00 bits per heavy atom. The first-order valence-corrected chi connectivity index (χ1v) is 6.90. The van der Waals surface area contributed by atoms with Crippen LogP contribution in [-0.2, 0) is 11.3 Å². The second kappa shape index (κ2) is 7.07. The molecule has 4 heteroatoms. The molecular weight excluding hydrogens is 253 g/mol. The summed E-state index contributed by atoms with van der Waals surface area (Å²) in [5.74, 6) is -0.292. The standard InChI is InChI=1S/C14H19ClFNO/c15-14-9-12(16)5-4-11(14)10-17-7-6-13-3-1-2-8-18-13/h4-5,9,13,17H,1-3,6-8,10H2. The van der Waals surface area contributed by atoms with Crippen molar-refractivity contribution in [3.8, 4) is 0 Å². The van der Waals surface area contributed by atoms with Crippen molar-refractivity contribution in [2.75, 3.05) is 13.2 Å². The Morgan fingerprint density at radius 1 is 1.39 bits per heavy atom. The van der Waals surface area contributed by atoms with Gasteiger partial charge in [-0.15, -0.1) is 0 Å². The van der Waals surface area contributed by atoms with Crippen LogP contribution in [0.25, 0.3) is 0 Å². The van der Waals surface area contributed by atoms with Gasteiger partial charge in [0.15, 0.2) is 0 Å². The Morgan fingerprint density at radius 2 is 2.28 bits per heavy atom. The molecule has 0 aromatic heterocycles. The van der Waals surface area contributed by atoms with E-state index in [9.17, 15) is 4.39 Å². The molecule has 1 fully saturated rings. The molecule has 1 saturated heterocycles. The van der Waals surface area contributed by atoms with Gasteiger partial charge in [-0.2, -0.15) is 0 Å². The first-order chi connectivity index (χ1) is 8.75. The molecule has 1 atom stereocenters. The lowest BCUT2D eigenvalue weighted by atomic mass is 10.1. The number of halogens is 2. The van der Waals surface area contributed by atoms with Gasteiger partial charge >= 0.3 is 0 Å². The van der Waals surface area contributed by atoms with Crippen LogP contribution in [0.3, 0.4) is 0 Å². The quantitative estimate of drug-likeness (QED) is 0.828. The van der Waals surface area contributed by atoms with Crippen molar-refractivity contribution in [3.63, 3.8) is 0 Å². The minimum atomic E-state index is -0.292. The molecule has 0 radical (unpaired) electrons. The van der Waals surface area contributed by atoms with Gasteiger partial charge in [0, 0.05) is 18.2 Å². The fraction of sp³-hybridized carbons (Fsp3) is 0.571. The van der Waals surface area contributed by atoms with Gasteiger partial charge < -0.3 is 10.1 Å². The van der Waals surface area contributed by atoms with Crippen LogP contribution in [0.1, 0.15) is 31.2 Å². The maximum atomic E-state index is 12.9. The van der Waals surface area contributed by atoms with Gasteiger partial charge in [-0.1, -0.05) is 17.7 Å². The second-order valence-corrected chi connectivity index (χ2v) is 5.10. The summed E-state index contributed by atoms with van der Waals surface area (Å²) in [5.41, 5.74) is 0.933. The number of rotatable bonds is 5. The third-order valence-electron chi connectivity index (χ3n) is 3.25. The molecule has 1 N–H and O–H groups in total. The van der Waals surface area contributed by atoms with Crippen molar-refractivity contribution in [1.29, 1.82) is 0 Å². The summed E-state index contributed by atoms with van der Waals surface area (Å²) in [4.78, 5) is 0. The average Bonchev–Trinajstić information content (AvgIpc) is 2.38. The van der Waals surface area contributed by atoms with Crippen LogP contribution in [0.4, 0.5) is 4.39 Å². The number of hydrogen-bond acceptors (Lipinski definition) is 2. The lowest BCUT2D eigenvalue weighted by molar-refractivity contribution is 0.0115. The van der Waals surface area contributed by atoms with E-state index in [-0.39, 0.29) is 5.82 Å². The van der Waals surface area contributed by atoms with E-state index in [1.807, 2.05) is 0 Å². The van der Waals surface area contributed by atoms with Crippen molar-refractivity contribution >= 4 is 11.6 Å². The SMILES string of the molecule is Fc1ccc(CNCCC2CCCCO2)c(Cl)c1. The first kappa shape index (κ1) is 13.8. The van der Waals surface area contributed by atoms with Gasteiger partial charge in [0.25, 0.3) is 0 Å². The molecule has 1 heterocycles. The summed E-state index contributed by atoms with van der Waals surface area (Å²) in [5, 5.41) is 3.81. The van der Waals surface area contributed by atoms with Gasteiger partial charge in [-0.3, -0.25) is 0 Å². The summed E-state index contributed by atoms with van der Waals surface area (Å²) in [6.45, 7) is 2.47. The van der Waals surface area contributed by atoms with Crippen LogP contribution in [0.5, 0.6) is 0 Å². The molecule has 0 spiro atoms. The molecule has 0 bridgehead atoms. The predicted molar refractivity (Wildman–Crippen MR) is 71.3 cm³/mol. The van der Waals surface area contributed by atoms with Gasteiger partial charge in [-0.25, -0.2) is 4.39 Å². The molecule has 1 aliphatic heterocycles. The largest absolute Gasteiger partial charge is 0.378 e. The smallest absolute Gasteiger partial charge is 0.124 e. The summed E-state index contributed by atoms with van der Waals surface area (Å²) in [6.07, 6.45) is 5.05. The van der Waals surface area contributed by atoms with E-state index < -0.39 is 0 Å². The molecular formula is C14H19ClFNO. The monoisotopic (exact) mass is 271 g/mol. The Balaban J connectivity index is 1.68. The maximum absolute atomic E-state index is 12.9. The zero-order valence-electron chi connectivity index (χ0n) is 10.4. The summed E-state index contributed by atoms with van der Waals surface area (Å²) in [6, 6.07) is 4.51. The van der Waals surface area contributed by atoms with Crippen molar-refractivity contribution in [3.05, 3.63) is 34.6 Å². The third kappa shape index (κ3) is 4.23. The zero-order valence-corrected chi connectivity index (χ0v) is 11.2. The summed E-state index contributed by atoms with van der Waals surface area (Å²) >= 11 is 5.95. The molecule has 100 valence electrons. The van der Waals surface area contributed by atoms with E-state index in [4.69, 9.17) is 16.3 Å². The number of benzene rings is 1. The van der Waals surface area contributed by atoms with Gasteiger partial charge in [0.2, 0.25) is 0 Å². The maximum Gasteiger partial charge on any atom is 0.124 e. The third-order valence-corrected chi connectivity index (χ3v) is 3.60. The van der Waals surface area contributed by atoms with E-state index in [1.54, 1.807) is 6.07 Å². The van der Waals surface area contributed by atoms with Crippen molar-refractivity contribution in [1.82, 2.24) is 5.32 Å². The fourth-order valence-corrected chi connectivity index (χ4v) is 2.42. The average molecular weight is 272 g/mol. The van der Waals surface area contributed by atoms with Crippen LogP contribution in [0.2, 0.25) is 5.02 Å². The number of nitrogens with one attached hydrogen (secondary N) is 1. The minimum absolute atomic E-state index is 0.292. The molecule has 18 heavy (non-hydrogen) atoms. The Hall–Kier alpha value is -0.640. The molecule has 2 rings (SSSR count). The van der Waals surface area contributed by atoms with Crippen molar-refractivity contribution in [2.45, 2.75) is 38.3 Å². The van der Waals surface area contributed by atoms with Crippen molar-refractivity contribution in [2.24, 2.45) is 0 Å². The predicted octanol–water partition coefficient (Wildman–Crippen LogP) is 3.53. The highest BCUT2D eigenvalue weighted by molar-refractivity contribution is 6.31. The van der Waals surface area contributed by atoms with Gasteiger partial charge in [0.1, 0.15) is 5.82 Å². The second-order valence-electron chi connectivity index (χ2n) is 4.69. The Kier molecular flexibility index (Phi) is 5.42. The molecule has 1 aromatic carbocycles. The summed E-state index contributed by atoms with van der Waals surface area (Å²) in [7, 11) is 0. The molecule has 0 saturated carbocycles. The molecule has 1 aromatic rings.